The van der Waals surface area contributed by atoms with Crippen LogP contribution in [-0.4, -0.2) is 39.8 Å². The van der Waals surface area contributed by atoms with Crippen molar-refractivity contribution in [2.45, 2.75) is 23.5 Å². The van der Waals surface area contributed by atoms with E-state index < -0.39 is 0 Å². The summed E-state index contributed by atoms with van der Waals surface area (Å²) in [5.74, 6) is 1.42. The summed E-state index contributed by atoms with van der Waals surface area (Å²) in [6.07, 6.45) is 6.04. The average molecular weight is 381 g/mol. The molecule has 0 bridgehead atoms. The van der Waals surface area contributed by atoms with Crippen LogP contribution in [0.15, 0.2) is 59.8 Å². The first-order valence-electron chi connectivity index (χ1n) is 9.38. The Bertz CT molecular complexity index is 898. The predicted octanol–water partition coefficient (Wildman–Crippen LogP) is 3.44. The Hall–Kier alpha value is -2.31. The number of amides is 1. The van der Waals surface area contributed by atoms with Crippen molar-refractivity contribution in [1.82, 2.24) is 14.3 Å². The quantitative estimate of drug-likeness (QED) is 0.689. The standard InChI is InChI=1S/C21H24N4OS/c22-13-16-8-11-24(12-9-16)21(26)18-5-1-2-6-19(18)27-15-17-14-25-10-4-3-7-20(25)23-17/h1-7,10,14,16H,8-9,11-13,15,22H2. The molecule has 0 saturated carbocycles. The van der Waals surface area contributed by atoms with Gasteiger partial charge < -0.3 is 15.0 Å². The largest absolute Gasteiger partial charge is 0.339 e. The van der Waals surface area contributed by atoms with Gasteiger partial charge in [-0.15, -0.1) is 11.8 Å². The molecule has 0 spiro atoms. The first kappa shape index (κ1) is 18.1. The van der Waals surface area contributed by atoms with E-state index in [1.54, 1.807) is 11.8 Å². The maximum absolute atomic E-state index is 13.0. The van der Waals surface area contributed by atoms with E-state index in [0.29, 0.717) is 12.5 Å². The van der Waals surface area contributed by atoms with Gasteiger partial charge in [0.2, 0.25) is 0 Å². The number of carbonyl (C=O) groups is 1. The van der Waals surface area contributed by atoms with Gasteiger partial charge in [-0.05, 0) is 49.6 Å². The number of aromatic nitrogens is 2. The Balaban J connectivity index is 1.46. The first-order chi connectivity index (χ1) is 13.2. The number of thioether (sulfide) groups is 1. The number of pyridine rings is 1. The molecule has 0 aliphatic carbocycles. The lowest BCUT2D eigenvalue weighted by Gasteiger charge is -2.31. The SMILES string of the molecule is NCC1CCN(C(=O)c2ccccc2SCc2cn3ccccc3n2)CC1. The molecule has 1 saturated heterocycles. The highest BCUT2D eigenvalue weighted by Crippen LogP contribution is 2.28. The van der Waals surface area contributed by atoms with Crippen LogP contribution in [0.1, 0.15) is 28.9 Å². The van der Waals surface area contributed by atoms with Crippen LogP contribution >= 0.6 is 11.8 Å². The number of nitrogens with zero attached hydrogens (tertiary/aromatic N) is 3. The van der Waals surface area contributed by atoms with Gasteiger partial charge in [-0.25, -0.2) is 4.98 Å². The number of likely N-dealkylation sites (tertiary alicyclic amines) is 1. The van der Waals surface area contributed by atoms with Crippen LogP contribution in [0.2, 0.25) is 0 Å². The molecule has 1 aromatic carbocycles. The van der Waals surface area contributed by atoms with Gasteiger partial charge in [0.1, 0.15) is 5.65 Å². The van der Waals surface area contributed by atoms with E-state index in [1.807, 2.05) is 64.2 Å². The second-order valence-electron chi connectivity index (χ2n) is 6.95. The Morgan fingerprint density at radius 3 is 2.70 bits per heavy atom. The number of piperidine rings is 1. The minimum Gasteiger partial charge on any atom is -0.339 e. The summed E-state index contributed by atoms with van der Waals surface area (Å²) >= 11 is 1.67. The molecule has 0 radical (unpaired) electrons. The van der Waals surface area contributed by atoms with Crippen LogP contribution in [-0.2, 0) is 5.75 Å². The van der Waals surface area contributed by atoms with Crippen molar-refractivity contribution in [1.29, 1.82) is 0 Å². The van der Waals surface area contributed by atoms with Gasteiger partial charge in [0.05, 0.1) is 11.3 Å². The minimum absolute atomic E-state index is 0.128. The highest BCUT2D eigenvalue weighted by Gasteiger charge is 2.24. The number of nitrogens with two attached hydrogens (primary N) is 1. The zero-order valence-electron chi connectivity index (χ0n) is 15.3. The van der Waals surface area contributed by atoms with E-state index >= 15 is 0 Å². The first-order valence-corrected chi connectivity index (χ1v) is 10.4. The lowest BCUT2D eigenvalue weighted by atomic mass is 9.96. The monoisotopic (exact) mass is 380 g/mol. The highest BCUT2D eigenvalue weighted by molar-refractivity contribution is 7.98. The molecular weight excluding hydrogens is 356 g/mol. The number of hydrogen-bond acceptors (Lipinski definition) is 4. The second-order valence-corrected chi connectivity index (χ2v) is 7.97. The number of hydrogen-bond donors (Lipinski definition) is 1. The zero-order chi connectivity index (χ0) is 18.6. The maximum atomic E-state index is 13.0. The van der Waals surface area contributed by atoms with Crippen molar-refractivity contribution < 1.29 is 4.79 Å². The van der Waals surface area contributed by atoms with Gasteiger partial charge in [-0.2, -0.15) is 0 Å². The van der Waals surface area contributed by atoms with E-state index in [2.05, 4.69) is 4.98 Å². The molecule has 6 heteroatoms. The number of fused-ring (bicyclic) bond motifs is 1. The predicted molar refractivity (Wildman–Crippen MR) is 109 cm³/mol. The van der Waals surface area contributed by atoms with E-state index in [4.69, 9.17) is 5.73 Å². The summed E-state index contributed by atoms with van der Waals surface area (Å²) < 4.78 is 2.02. The molecule has 3 heterocycles. The van der Waals surface area contributed by atoms with Gasteiger partial charge in [-0.1, -0.05) is 18.2 Å². The van der Waals surface area contributed by atoms with Crippen molar-refractivity contribution in [2.24, 2.45) is 11.7 Å². The van der Waals surface area contributed by atoms with E-state index in [1.165, 1.54) is 0 Å². The summed E-state index contributed by atoms with van der Waals surface area (Å²) in [6, 6.07) is 13.9. The number of benzene rings is 1. The van der Waals surface area contributed by atoms with Crippen LogP contribution in [0.5, 0.6) is 0 Å². The van der Waals surface area contributed by atoms with E-state index in [0.717, 1.165) is 53.5 Å². The maximum Gasteiger partial charge on any atom is 0.254 e. The lowest BCUT2D eigenvalue weighted by molar-refractivity contribution is 0.0690. The molecule has 1 fully saturated rings. The van der Waals surface area contributed by atoms with Crippen molar-refractivity contribution in [3.8, 4) is 0 Å². The lowest BCUT2D eigenvalue weighted by Crippen LogP contribution is -2.40. The third-order valence-electron chi connectivity index (χ3n) is 5.14. The number of imidazole rings is 1. The number of rotatable bonds is 5. The fourth-order valence-corrected chi connectivity index (χ4v) is 4.45. The molecule has 1 aliphatic rings. The molecule has 4 rings (SSSR count). The summed E-state index contributed by atoms with van der Waals surface area (Å²) in [5.41, 5.74) is 8.51. The van der Waals surface area contributed by atoms with Gasteiger partial charge in [0, 0.05) is 36.1 Å². The van der Waals surface area contributed by atoms with Gasteiger partial charge in [-0.3, -0.25) is 4.79 Å². The Labute approximate surface area is 163 Å². The molecular formula is C21H24N4OS. The zero-order valence-corrected chi connectivity index (χ0v) is 16.1. The molecule has 0 atom stereocenters. The van der Waals surface area contributed by atoms with Crippen molar-refractivity contribution >= 4 is 23.3 Å². The third-order valence-corrected chi connectivity index (χ3v) is 6.25. The molecule has 0 unspecified atom stereocenters. The van der Waals surface area contributed by atoms with Crippen LogP contribution in [0.25, 0.3) is 5.65 Å². The molecule has 5 nitrogen and oxygen atoms in total. The van der Waals surface area contributed by atoms with Crippen LogP contribution < -0.4 is 5.73 Å². The highest BCUT2D eigenvalue weighted by atomic mass is 32.2. The van der Waals surface area contributed by atoms with Crippen molar-refractivity contribution in [3.63, 3.8) is 0 Å². The summed E-state index contributed by atoms with van der Waals surface area (Å²) in [5, 5.41) is 0. The number of carbonyl (C=O) groups excluding carboxylic acids is 1. The fourth-order valence-electron chi connectivity index (χ4n) is 3.52. The van der Waals surface area contributed by atoms with Gasteiger partial charge in [0.15, 0.2) is 0 Å². The second kappa shape index (κ2) is 8.15. The van der Waals surface area contributed by atoms with E-state index in [-0.39, 0.29) is 5.91 Å². The minimum atomic E-state index is 0.128. The van der Waals surface area contributed by atoms with Crippen LogP contribution in [0.3, 0.4) is 0 Å². The molecule has 1 amide bonds. The molecule has 27 heavy (non-hydrogen) atoms. The molecule has 140 valence electrons. The Morgan fingerprint density at radius 2 is 1.93 bits per heavy atom. The van der Waals surface area contributed by atoms with Crippen molar-refractivity contribution in [2.75, 3.05) is 19.6 Å². The Kier molecular flexibility index (Phi) is 5.45. The average Bonchev–Trinajstić information content (AvgIpc) is 3.15. The molecule has 3 aromatic rings. The van der Waals surface area contributed by atoms with Crippen LogP contribution in [0.4, 0.5) is 0 Å². The fraction of sp³-hybridized carbons (Fsp3) is 0.333. The van der Waals surface area contributed by atoms with Crippen LogP contribution in [0, 0.1) is 5.92 Å². The van der Waals surface area contributed by atoms with Gasteiger partial charge >= 0.3 is 0 Å². The van der Waals surface area contributed by atoms with Crippen molar-refractivity contribution in [3.05, 3.63) is 66.1 Å². The topological polar surface area (TPSA) is 63.6 Å². The summed E-state index contributed by atoms with van der Waals surface area (Å²) in [7, 11) is 0. The summed E-state index contributed by atoms with van der Waals surface area (Å²) in [6.45, 7) is 2.31. The molecule has 1 aliphatic heterocycles. The molecule has 2 N–H and O–H groups in total. The smallest absolute Gasteiger partial charge is 0.254 e. The molecule has 2 aromatic heterocycles. The normalized spacial score (nSPS) is 15.4. The summed E-state index contributed by atoms with van der Waals surface area (Å²) in [4.78, 5) is 20.7. The Morgan fingerprint density at radius 1 is 1.15 bits per heavy atom. The third kappa shape index (κ3) is 4.01. The van der Waals surface area contributed by atoms with E-state index in [9.17, 15) is 4.79 Å². The van der Waals surface area contributed by atoms with Gasteiger partial charge in [0.25, 0.3) is 5.91 Å².